The number of likely N-dealkylation sites (N-methyl/N-ethyl adjacent to an activating group) is 2. The van der Waals surface area contributed by atoms with Crippen molar-refractivity contribution >= 4 is 29.8 Å². The summed E-state index contributed by atoms with van der Waals surface area (Å²) < 4.78 is 10.8. The molecule has 11 nitrogen and oxygen atoms in total. The van der Waals surface area contributed by atoms with Crippen molar-refractivity contribution in [2.45, 2.75) is 72.0 Å². The van der Waals surface area contributed by atoms with Crippen molar-refractivity contribution in [1.29, 1.82) is 0 Å². The summed E-state index contributed by atoms with van der Waals surface area (Å²) in [4.78, 5) is 68.8. The fourth-order valence-corrected chi connectivity index (χ4v) is 6.02. The van der Waals surface area contributed by atoms with E-state index in [4.69, 9.17) is 9.47 Å². The fourth-order valence-electron chi connectivity index (χ4n) is 6.02. The lowest BCUT2D eigenvalue weighted by molar-refractivity contribution is -0.149. The molecule has 2 aromatic carbocycles. The molecule has 0 saturated heterocycles. The second kappa shape index (κ2) is 17.6. The van der Waals surface area contributed by atoms with Gasteiger partial charge in [0.25, 0.3) is 0 Å². The van der Waals surface area contributed by atoms with Crippen LogP contribution in [0.5, 0.6) is 0 Å². The number of carbonyl (C=O) groups excluding carboxylic acids is 5. The minimum atomic E-state index is -0.968. The van der Waals surface area contributed by atoms with Crippen LogP contribution >= 0.6 is 0 Å². The fraction of sp³-hybridized carbons (Fsp3) is 0.500. The smallest absolute Gasteiger partial charge is 0.407 e. The van der Waals surface area contributed by atoms with Gasteiger partial charge in [-0.15, -0.1) is 0 Å². The van der Waals surface area contributed by atoms with Gasteiger partial charge in [-0.2, -0.15) is 0 Å². The number of hydrogen-bond donors (Lipinski definition) is 2. The van der Waals surface area contributed by atoms with Crippen LogP contribution in [0.25, 0.3) is 11.1 Å². The molecule has 0 spiro atoms. The first-order valence-corrected chi connectivity index (χ1v) is 16.9. The lowest BCUT2D eigenvalue weighted by Crippen LogP contribution is -2.57. The summed E-state index contributed by atoms with van der Waals surface area (Å²) in [6, 6.07) is 13.3. The van der Waals surface area contributed by atoms with Crippen molar-refractivity contribution < 1.29 is 33.4 Å². The molecular formula is C38H52N4O7. The number of fused-ring (bicyclic) bond motifs is 3. The average molecular weight is 677 g/mol. The standard InChI is InChI=1S/C38H52N4O7/c1-10-19-48-37(46)34(25(6)7)39-32(43)21-41(8)35(44)31(20-23(2)3)42(9)36(45)33(24(4)5)40-38(47)49-22-30-28-17-13-11-15-26(28)27-16-12-14-18-29(27)30/h10-18,23-25,30-31,33-34H,1,19-22H2,2-9H3,(H,39,43)(H,40,47)/t31-,33+,34+/m1/s1. The van der Waals surface area contributed by atoms with Crippen LogP contribution in [-0.2, 0) is 28.7 Å². The Hall–Kier alpha value is -4.67. The van der Waals surface area contributed by atoms with Crippen LogP contribution in [-0.4, -0.2) is 91.6 Å². The monoisotopic (exact) mass is 676 g/mol. The predicted octanol–water partition coefficient (Wildman–Crippen LogP) is 4.75. The number of rotatable bonds is 16. The van der Waals surface area contributed by atoms with Crippen molar-refractivity contribution in [2.75, 3.05) is 33.9 Å². The summed E-state index contributed by atoms with van der Waals surface area (Å²) in [5, 5.41) is 5.40. The van der Waals surface area contributed by atoms with Gasteiger partial charge in [-0.3, -0.25) is 14.4 Å². The van der Waals surface area contributed by atoms with Crippen LogP contribution in [0.1, 0.15) is 65.0 Å². The van der Waals surface area contributed by atoms with E-state index in [-0.39, 0.29) is 43.4 Å². The van der Waals surface area contributed by atoms with Gasteiger partial charge in [-0.1, -0.05) is 103 Å². The van der Waals surface area contributed by atoms with Gasteiger partial charge in [0.2, 0.25) is 17.7 Å². The number of benzene rings is 2. The second-order valence-corrected chi connectivity index (χ2v) is 13.7. The number of hydrogen-bond acceptors (Lipinski definition) is 7. The summed E-state index contributed by atoms with van der Waals surface area (Å²) in [5.74, 6) is -2.71. The number of amides is 4. The first kappa shape index (κ1) is 38.8. The average Bonchev–Trinajstić information content (AvgIpc) is 3.38. The third-order valence-corrected chi connectivity index (χ3v) is 8.68. The zero-order valence-electron chi connectivity index (χ0n) is 30.0. The Bertz CT molecular complexity index is 1460. The number of alkyl carbamates (subject to hydrolysis) is 1. The maximum atomic E-state index is 13.9. The van der Waals surface area contributed by atoms with Gasteiger partial charge in [0.05, 0.1) is 6.54 Å². The van der Waals surface area contributed by atoms with Crippen molar-refractivity contribution in [3.63, 3.8) is 0 Å². The number of nitrogens with zero attached hydrogens (tertiary/aromatic N) is 2. The van der Waals surface area contributed by atoms with Gasteiger partial charge >= 0.3 is 12.1 Å². The molecule has 0 heterocycles. The van der Waals surface area contributed by atoms with E-state index in [9.17, 15) is 24.0 Å². The molecule has 0 fully saturated rings. The van der Waals surface area contributed by atoms with Gasteiger partial charge in [0, 0.05) is 20.0 Å². The highest BCUT2D eigenvalue weighted by atomic mass is 16.5. The lowest BCUT2D eigenvalue weighted by Gasteiger charge is -2.35. The van der Waals surface area contributed by atoms with E-state index in [1.807, 2.05) is 50.2 Å². The van der Waals surface area contributed by atoms with Crippen molar-refractivity contribution in [3.05, 3.63) is 72.3 Å². The maximum Gasteiger partial charge on any atom is 0.407 e. The van der Waals surface area contributed by atoms with Gasteiger partial charge in [0.1, 0.15) is 31.3 Å². The molecule has 49 heavy (non-hydrogen) atoms. The molecule has 0 unspecified atom stereocenters. The molecule has 4 amide bonds. The highest BCUT2D eigenvalue weighted by Gasteiger charge is 2.37. The van der Waals surface area contributed by atoms with E-state index in [2.05, 4.69) is 29.3 Å². The Morgan fingerprint density at radius 1 is 0.796 bits per heavy atom. The minimum absolute atomic E-state index is 0.0150. The lowest BCUT2D eigenvalue weighted by atomic mass is 9.98. The highest BCUT2D eigenvalue weighted by Crippen LogP contribution is 2.44. The molecule has 0 radical (unpaired) electrons. The van der Waals surface area contributed by atoms with Crippen LogP contribution in [0.15, 0.2) is 61.2 Å². The summed E-state index contributed by atoms with van der Waals surface area (Å²) in [5.41, 5.74) is 4.37. The van der Waals surface area contributed by atoms with E-state index in [1.165, 1.54) is 30.0 Å². The molecule has 2 aromatic rings. The van der Waals surface area contributed by atoms with Crippen LogP contribution in [0, 0.1) is 17.8 Å². The van der Waals surface area contributed by atoms with Crippen LogP contribution < -0.4 is 10.6 Å². The molecule has 0 aliphatic heterocycles. The highest BCUT2D eigenvalue weighted by molar-refractivity contribution is 5.93. The summed E-state index contributed by atoms with van der Waals surface area (Å²) in [6.45, 7) is 14.3. The molecule has 1 aliphatic carbocycles. The first-order valence-electron chi connectivity index (χ1n) is 16.9. The molecule has 2 N–H and O–H groups in total. The Morgan fingerprint density at radius 2 is 1.35 bits per heavy atom. The summed E-state index contributed by atoms with van der Waals surface area (Å²) >= 11 is 0. The number of ether oxygens (including phenoxy) is 2. The second-order valence-electron chi connectivity index (χ2n) is 13.7. The normalized spacial score (nSPS) is 13.9. The van der Waals surface area contributed by atoms with E-state index in [0.717, 1.165) is 22.3 Å². The van der Waals surface area contributed by atoms with Gasteiger partial charge in [-0.05, 0) is 46.4 Å². The Balaban J connectivity index is 1.68. The minimum Gasteiger partial charge on any atom is -0.460 e. The van der Waals surface area contributed by atoms with Gasteiger partial charge in [-0.25, -0.2) is 9.59 Å². The van der Waals surface area contributed by atoms with Crippen LogP contribution in [0.4, 0.5) is 4.79 Å². The quantitative estimate of drug-likeness (QED) is 0.194. The summed E-state index contributed by atoms with van der Waals surface area (Å²) in [6.07, 6.45) is 1.03. The number of carbonyl (C=O) groups is 5. The van der Waals surface area contributed by atoms with Gasteiger partial charge < -0.3 is 29.9 Å². The zero-order valence-corrected chi connectivity index (χ0v) is 30.0. The zero-order chi connectivity index (χ0) is 36.4. The largest absolute Gasteiger partial charge is 0.460 e. The van der Waals surface area contributed by atoms with Crippen LogP contribution in [0.2, 0.25) is 0 Å². The van der Waals surface area contributed by atoms with E-state index >= 15 is 0 Å². The van der Waals surface area contributed by atoms with Crippen LogP contribution in [0.3, 0.4) is 0 Å². The molecule has 1 aliphatic rings. The molecule has 0 bridgehead atoms. The van der Waals surface area contributed by atoms with E-state index in [0.29, 0.717) is 6.42 Å². The maximum absolute atomic E-state index is 13.9. The molecule has 3 rings (SSSR count). The molecular weight excluding hydrogens is 624 g/mol. The van der Waals surface area contributed by atoms with E-state index in [1.54, 1.807) is 27.7 Å². The topological polar surface area (TPSA) is 134 Å². The SMILES string of the molecule is C=CCOC(=O)[C@@H](NC(=O)CN(C)C(=O)[C@@H](CC(C)C)N(C)C(=O)[C@@H](NC(=O)OCC1c2ccccc2-c2ccccc21)C(C)C)C(C)C. The van der Waals surface area contributed by atoms with Gasteiger partial charge in [0.15, 0.2) is 0 Å². The third-order valence-electron chi connectivity index (χ3n) is 8.68. The summed E-state index contributed by atoms with van der Waals surface area (Å²) in [7, 11) is 3.00. The van der Waals surface area contributed by atoms with Crippen molar-refractivity contribution in [3.8, 4) is 11.1 Å². The predicted molar refractivity (Wildman–Crippen MR) is 188 cm³/mol. The van der Waals surface area contributed by atoms with Crippen molar-refractivity contribution in [1.82, 2.24) is 20.4 Å². The van der Waals surface area contributed by atoms with E-state index < -0.39 is 47.9 Å². The molecule has 0 saturated carbocycles. The third kappa shape index (κ3) is 9.93. The number of esters is 1. The molecule has 0 aromatic heterocycles. The molecule has 266 valence electrons. The molecule has 3 atom stereocenters. The van der Waals surface area contributed by atoms with Crippen molar-refractivity contribution in [2.24, 2.45) is 17.8 Å². The Morgan fingerprint density at radius 3 is 1.86 bits per heavy atom. The Labute approximate surface area is 290 Å². The molecule has 11 heteroatoms. The number of nitrogens with one attached hydrogen (secondary N) is 2. The Kier molecular flexibility index (Phi) is 14.0. The first-order chi connectivity index (χ1) is 23.2.